The van der Waals surface area contributed by atoms with E-state index in [9.17, 15) is 0 Å². The average Bonchev–Trinajstić information content (AvgIpc) is 3.76. The Balaban J connectivity index is 1.10. The van der Waals surface area contributed by atoms with Crippen LogP contribution < -0.4 is 4.90 Å². The minimum Gasteiger partial charge on any atom is -0.310 e. The molecule has 2 heteroatoms. The summed E-state index contributed by atoms with van der Waals surface area (Å²) in [5.74, 6) is 0. The van der Waals surface area contributed by atoms with Gasteiger partial charge in [0.25, 0.3) is 0 Å². The Hall–Kier alpha value is -7.16. The van der Waals surface area contributed by atoms with Crippen molar-refractivity contribution >= 4 is 49.6 Å². The second-order valence-corrected chi connectivity index (χ2v) is 20.7. The van der Waals surface area contributed by atoms with Crippen LogP contribution in [0.4, 0.5) is 17.1 Å². The van der Waals surface area contributed by atoms with Crippen molar-refractivity contribution in [3.8, 4) is 39.1 Å². The predicted octanol–water partition coefficient (Wildman–Crippen LogP) is 17.6. The zero-order valence-corrected chi connectivity index (χ0v) is 38.9. The van der Waals surface area contributed by atoms with Crippen LogP contribution in [0.2, 0.25) is 0 Å². The average molecular weight is 841 g/mol. The van der Waals surface area contributed by atoms with E-state index in [0.717, 1.165) is 11.4 Å². The fourth-order valence-corrected chi connectivity index (χ4v) is 10.4. The summed E-state index contributed by atoms with van der Waals surface area (Å²) in [6.45, 7) is 18.6. The molecule has 0 amide bonds. The lowest BCUT2D eigenvalue weighted by atomic mass is 9.81. The van der Waals surface area contributed by atoms with Gasteiger partial charge in [-0.15, -0.1) is 0 Å². The monoisotopic (exact) mass is 840 g/mol. The molecular formula is C63H56N2. The fraction of sp³-hybridized carbons (Fsp3) is 0.175. The molecule has 0 unspecified atom stereocenters. The van der Waals surface area contributed by atoms with Crippen molar-refractivity contribution in [1.29, 1.82) is 0 Å². The van der Waals surface area contributed by atoms with Crippen LogP contribution in [-0.4, -0.2) is 4.57 Å². The number of aromatic nitrogens is 1. The quantitative estimate of drug-likeness (QED) is 0.162. The van der Waals surface area contributed by atoms with Gasteiger partial charge in [0.2, 0.25) is 0 Å². The van der Waals surface area contributed by atoms with Crippen LogP contribution in [0, 0.1) is 0 Å². The molecule has 0 bridgehead atoms. The van der Waals surface area contributed by atoms with E-state index >= 15 is 0 Å². The highest BCUT2D eigenvalue weighted by Gasteiger charge is 2.38. The molecule has 0 spiro atoms. The van der Waals surface area contributed by atoms with E-state index in [0.29, 0.717) is 0 Å². The lowest BCUT2D eigenvalue weighted by Crippen LogP contribution is -2.18. The number of rotatable bonds is 6. The molecule has 0 N–H and O–H groups in total. The highest BCUT2D eigenvalue weighted by Crippen LogP contribution is 2.55. The maximum atomic E-state index is 2.50. The number of hydrogen-bond acceptors (Lipinski definition) is 1. The summed E-state index contributed by atoms with van der Waals surface area (Å²) in [4.78, 5) is 2.48. The molecule has 1 aromatic heterocycles. The zero-order chi connectivity index (χ0) is 44.8. The summed E-state index contributed by atoms with van der Waals surface area (Å²) < 4.78 is 2.49. The molecule has 2 nitrogen and oxygen atoms in total. The van der Waals surface area contributed by atoms with Gasteiger partial charge < -0.3 is 9.47 Å². The lowest BCUT2D eigenvalue weighted by Gasteiger charge is -2.31. The molecular weight excluding hydrogens is 785 g/mol. The van der Waals surface area contributed by atoms with Crippen molar-refractivity contribution in [3.63, 3.8) is 0 Å². The van der Waals surface area contributed by atoms with Crippen molar-refractivity contribution in [2.75, 3.05) is 4.90 Å². The van der Waals surface area contributed by atoms with Gasteiger partial charge in [-0.3, -0.25) is 0 Å². The molecule has 0 saturated carbocycles. The molecule has 1 aliphatic rings. The topological polar surface area (TPSA) is 8.17 Å². The van der Waals surface area contributed by atoms with Crippen LogP contribution >= 0.6 is 0 Å². The molecule has 10 aromatic rings. The molecule has 0 atom stereocenters. The molecule has 318 valence electrons. The molecule has 1 aliphatic carbocycles. The summed E-state index contributed by atoms with van der Waals surface area (Å²) in [5.41, 5.74) is 19.8. The number of benzene rings is 9. The molecule has 1 heterocycles. The maximum Gasteiger partial charge on any atom is 0.0543 e. The van der Waals surface area contributed by atoms with Crippen LogP contribution in [0.3, 0.4) is 0 Å². The number of nitrogens with zero attached hydrogens (tertiary/aromatic N) is 2. The van der Waals surface area contributed by atoms with Gasteiger partial charge >= 0.3 is 0 Å². The Labute approximate surface area is 384 Å². The zero-order valence-electron chi connectivity index (χ0n) is 38.9. The first-order chi connectivity index (χ1) is 31.3. The summed E-state index contributed by atoms with van der Waals surface area (Å²) in [6.07, 6.45) is 0. The van der Waals surface area contributed by atoms with Crippen LogP contribution in [0.1, 0.15) is 77.6 Å². The highest BCUT2D eigenvalue weighted by atomic mass is 15.1. The van der Waals surface area contributed by atoms with Crippen molar-refractivity contribution in [3.05, 3.63) is 216 Å². The van der Waals surface area contributed by atoms with E-state index < -0.39 is 0 Å². The second kappa shape index (κ2) is 15.0. The smallest absolute Gasteiger partial charge is 0.0543 e. The maximum absolute atomic E-state index is 2.50. The molecule has 65 heavy (non-hydrogen) atoms. The number of hydrogen-bond donors (Lipinski definition) is 0. The third-order valence-electron chi connectivity index (χ3n) is 14.1. The fourth-order valence-electron chi connectivity index (χ4n) is 10.4. The molecule has 11 rings (SSSR count). The third kappa shape index (κ3) is 6.78. The Kier molecular flexibility index (Phi) is 9.35. The van der Waals surface area contributed by atoms with Crippen molar-refractivity contribution in [2.45, 2.75) is 71.6 Å². The van der Waals surface area contributed by atoms with Crippen molar-refractivity contribution < 1.29 is 0 Å². The number of fused-ring (bicyclic) bond motifs is 8. The van der Waals surface area contributed by atoms with E-state index in [1.165, 1.54) is 99.6 Å². The molecule has 0 aliphatic heterocycles. The summed E-state index contributed by atoms with van der Waals surface area (Å²) in [7, 11) is 0. The van der Waals surface area contributed by atoms with Gasteiger partial charge in [0.15, 0.2) is 0 Å². The Morgan fingerprint density at radius 3 is 1.37 bits per heavy atom. The summed E-state index contributed by atoms with van der Waals surface area (Å²) in [6, 6.07) is 72.7. The number of anilines is 3. The van der Waals surface area contributed by atoms with Gasteiger partial charge in [-0.1, -0.05) is 183 Å². The summed E-state index contributed by atoms with van der Waals surface area (Å²) in [5, 5.41) is 5.03. The van der Waals surface area contributed by atoms with Crippen molar-refractivity contribution in [1.82, 2.24) is 4.57 Å². The standard InChI is InChI=1S/C63H56N2/c1-61(2,3)45-25-29-47(30-26-45)64(48-31-27-46(28-32-48)62(4,5)6)59-40-56-60(51-22-16-15-21-50(51)59)52-34-33-49(39-55(52)63(56,7)8)65-57-35-23-43(41-17-11-9-12-18-41)37-53(57)54-38-44(24-36-58(54)65)42-19-13-10-14-20-42/h9-40H,1-8H3. The van der Waals surface area contributed by atoms with Crippen LogP contribution in [0.5, 0.6) is 0 Å². The van der Waals surface area contributed by atoms with E-state index in [1.54, 1.807) is 0 Å². The van der Waals surface area contributed by atoms with E-state index in [-0.39, 0.29) is 16.2 Å². The summed E-state index contributed by atoms with van der Waals surface area (Å²) >= 11 is 0. The lowest BCUT2D eigenvalue weighted by molar-refractivity contribution is 0.590. The SMILES string of the molecule is CC(C)(C)c1ccc(N(c2ccc(C(C)(C)C)cc2)c2cc3c(c4ccccc24)-c2ccc(-n4c5ccc(-c6ccccc6)cc5c5cc(-c6ccccc6)ccc54)cc2C3(C)C)cc1. The minimum atomic E-state index is -0.281. The molecule has 0 fully saturated rings. The van der Waals surface area contributed by atoms with Crippen molar-refractivity contribution in [2.24, 2.45) is 0 Å². The van der Waals surface area contributed by atoms with E-state index in [4.69, 9.17) is 0 Å². The molecule has 0 saturated heterocycles. The predicted molar refractivity (Wildman–Crippen MR) is 279 cm³/mol. The van der Waals surface area contributed by atoms with Gasteiger partial charge in [0.05, 0.1) is 16.7 Å². The minimum absolute atomic E-state index is 0.0576. The molecule has 9 aromatic carbocycles. The van der Waals surface area contributed by atoms with Crippen LogP contribution in [0.15, 0.2) is 194 Å². The van der Waals surface area contributed by atoms with E-state index in [1.807, 2.05) is 0 Å². The largest absolute Gasteiger partial charge is 0.310 e. The van der Waals surface area contributed by atoms with E-state index in [2.05, 4.69) is 259 Å². The third-order valence-corrected chi connectivity index (χ3v) is 14.1. The Morgan fingerprint density at radius 2 is 0.877 bits per heavy atom. The van der Waals surface area contributed by atoms with Gasteiger partial charge in [-0.25, -0.2) is 0 Å². The second-order valence-electron chi connectivity index (χ2n) is 20.7. The van der Waals surface area contributed by atoms with Crippen LogP contribution in [0.25, 0.3) is 71.6 Å². The Morgan fingerprint density at radius 1 is 0.400 bits per heavy atom. The van der Waals surface area contributed by atoms with Gasteiger partial charge in [0.1, 0.15) is 0 Å². The normalized spacial score (nSPS) is 13.4. The highest BCUT2D eigenvalue weighted by molar-refractivity contribution is 6.13. The van der Waals surface area contributed by atoms with Crippen LogP contribution in [-0.2, 0) is 16.2 Å². The first-order valence-corrected chi connectivity index (χ1v) is 23.2. The first-order valence-electron chi connectivity index (χ1n) is 23.2. The Bertz CT molecular complexity index is 3270. The first kappa shape index (κ1) is 40.6. The van der Waals surface area contributed by atoms with Gasteiger partial charge in [-0.05, 0) is 139 Å². The van der Waals surface area contributed by atoms with Gasteiger partial charge in [0, 0.05) is 38.6 Å². The van der Waals surface area contributed by atoms with Gasteiger partial charge in [-0.2, -0.15) is 0 Å². The molecule has 0 radical (unpaired) electrons.